The molecule has 0 saturated carbocycles. The largest absolute Gasteiger partial charge is 0.477 e. The molecule has 0 saturated heterocycles. The molecule has 0 amide bonds. The van der Waals surface area contributed by atoms with Crippen molar-refractivity contribution in [3.05, 3.63) is 35.7 Å². The third-order valence-corrected chi connectivity index (χ3v) is 3.41. The van der Waals surface area contributed by atoms with E-state index < -0.39 is 11.9 Å². The predicted molar refractivity (Wildman–Crippen MR) is 73.4 cm³/mol. The summed E-state index contributed by atoms with van der Waals surface area (Å²) in [6, 6.07) is 6.73. The maximum atomic E-state index is 11.2. The highest BCUT2D eigenvalue weighted by molar-refractivity contribution is 6.03. The zero-order valence-electron chi connectivity index (χ0n) is 10.7. The molecule has 2 aromatic heterocycles. The number of hydrogen-bond donors (Lipinski definition) is 3. The molecule has 0 fully saturated rings. The summed E-state index contributed by atoms with van der Waals surface area (Å²) in [5.41, 5.74) is 1.80. The lowest BCUT2D eigenvalue weighted by atomic mass is 10.2. The predicted octanol–water partition coefficient (Wildman–Crippen LogP) is 2.54. The molecule has 6 heteroatoms. The molecule has 0 radical (unpaired) electrons. The Kier molecular flexibility index (Phi) is 2.53. The van der Waals surface area contributed by atoms with Crippen molar-refractivity contribution in [2.24, 2.45) is 0 Å². The number of fused-ring (bicyclic) bond motifs is 2. The molecular formula is C14H12N2O4. The highest BCUT2D eigenvalue weighted by Gasteiger charge is 2.15. The minimum atomic E-state index is -1.02. The van der Waals surface area contributed by atoms with Gasteiger partial charge in [-0.2, -0.15) is 0 Å². The van der Waals surface area contributed by atoms with Gasteiger partial charge in [0.05, 0.1) is 5.52 Å². The van der Waals surface area contributed by atoms with E-state index in [2.05, 4.69) is 4.98 Å². The average Bonchev–Trinajstić information content (AvgIpc) is 2.95. The number of aromatic amines is 1. The van der Waals surface area contributed by atoms with Gasteiger partial charge in [0.15, 0.2) is 0 Å². The number of benzene rings is 1. The van der Waals surface area contributed by atoms with Gasteiger partial charge in [0.25, 0.3) is 0 Å². The van der Waals surface area contributed by atoms with E-state index in [-0.39, 0.29) is 11.4 Å². The molecule has 1 aromatic carbocycles. The monoisotopic (exact) mass is 272 g/mol. The first-order valence-electron chi connectivity index (χ1n) is 6.14. The number of nitrogens with one attached hydrogen (secondary N) is 1. The lowest BCUT2D eigenvalue weighted by Gasteiger charge is -2.03. The highest BCUT2D eigenvalue weighted by Crippen LogP contribution is 2.26. The van der Waals surface area contributed by atoms with Crippen LogP contribution in [0.1, 0.15) is 27.9 Å². The van der Waals surface area contributed by atoms with Gasteiger partial charge in [-0.3, -0.25) is 0 Å². The minimum absolute atomic E-state index is 0.120. The topological polar surface area (TPSA) is 95.3 Å². The van der Waals surface area contributed by atoms with Gasteiger partial charge >= 0.3 is 11.9 Å². The van der Waals surface area contributed by atoms with Crippen LogP contribution in [0, 0.1) is 0 Å². The Bertz CT molecular complexity index is 857. The standard InChI is InChI=1S/C14H12N2O4/c1-2-16-11-6-9-7(4-10(15-9)13(17)18)3-8(11)5-12(16)14(19)20/h3-6,15H,2H2,1H3,(H,17,18)(H,19,20). The fraction of sp³-hybridized carbons (Fsp3) is 0.143. The minimum Gasteiger partial charge on any atom is -0.477 e. The van der Waals surface area contributed by atoms with E-state index in [0.717, 1.165) is 16.3 Å². The number of carboxylic acid groups (broad SMARTS) is 2. The molecule has 0 unspecified atom stereocenters. The van der Waals surface area contributed by atoms with Gasteiger partial charge in [-0.05, 0) is 31.2 Å². The van der Waals surface area contributed by atoms with Crippen LogP contribution in [0.4, 0.5) is 0 Å². The maximum Gasteiger partial charge on any atom is 0.352 e. The molecule has 0 atom stereocenters. The molecule has 0 spiro atoms. The quantitative estimate of drug-likeness (QED) is 0.682. The van der Waals surface area contributed by atoms with Crippen LogP contribution >= 0.6 is 0 Å². The van der Waals surface area contributed by atoms with Crippen LogP contribution in [0.3, 0.4) is 0 Å². The number of H-pyrrole nitrogens is 1. The van der Waals surface area contributed by atoms with Gasteiger partial charge in [0, 0.05) is 22.8 Å². The molecule has 0 aliphatic carbocycles. The first-order valence-corrected chi connectivity index (χ1v) is 6.14. The maximum absolute atomic E-state index is 11.2. The zero-order chi connectivity index (χ0) is 14.4. The number of carbonyl (C=O) groups is 2. The van der Waals surface area contributed by atoms with Gasteiger partial charge in [-0.25, -0.2) is 9.59 Å². The van der Waals surface area contributed by atoms with E-state index in [0.29, 0.717) is 12.1 Å². The van der Waals surface area contributed by atoms with E-state index in [1.807, 2.05) is 6.92 Å². The van der Waals surface area contributed by atoms with Crippen LogP contribution in [0.15, 0.2) is 24.3 Å². The summed E-state index contributed by atoms with van der Waals surface area (Å²) in [6.45, 7) is 2.40. The molecule has 3 N–H and O–H groups in total. The Morgan fingerprint density at radius 3 is 2.45 bits per heavy atom. The molecule has 3 aromatic rings. The Morgan fingerprint density at radius 1 is 1.10 bits per heavy atom. The molecule has 0 aliphatic heterocycles. The summed E-state index contributed by atoms with van der Waals surface area (Å²) in [6.07, 6.45) is 0. The van der Waals surface area contributed by atoms with Crippen molar-refractivity contribution in [3.63, 3.8) is 0 Å². The molecule has 0 aliphatic rings. The van der Waals surface area contributed by atoms with Gasteiger partial charge < -0.3 is 19.8 Å². The number of aromatic nitrogens is 2. The van der Waals surface area contributed by atoms with Gasteiger partial charge in [-0.15, -0.1) is 0 Å². The molecular weight excluding hydrogens is 260 g/mol. The molecule has 2 heterocycles. The molecule has 0 bridgehead atoms. The van der Waals surface area contributed by atoms with Crippen molar-refractivity contribution < 1.29 is 19.8 Å². The number of aryl methyl sites for hydroxylation is 1. The number of rotatable bonds is 3. The third-order valence-electron chi connectivity index (χ3n) is 3.41. The van der Waals surface area contributed by atoms with E-state index >= 15 is 0 Å². The smallest absolute Gasteiger partial charge is 0.352 e. The Hall–Kier alpha value is -2.76. The fourth-order valence-electron chi connectivity index (χ4n) is 2.52. The highest BCUT2D eigenvalue weighted by atomic mass is 16.4. The number of aromatic carboxylic acids is 2. The first kappa shape index (κ1) is 12.3. The van der Waals surface area contributed by atoms with E-state index in [1.54, 1.807) is 28.8 Å². The Morgan fingerprint density at radius 2 is 1.85 bits per heavy atom. The van der Waals surface area contributed by atoms with E-state index in [4.69, 9.17) is 5.11 Å². The normalized spacial score (nSPS) is 11.2. The average molecular weight is 272 g/mol. The van der Waals surface area contributed by atoms with Crippen molar-refractivity contribution in [3.8, 4) is 0 Å². The number of nitrogens with zero attached hydrogens (tertiary/aromatic N) is 1. The second kappa shape index (κ2) is 4.12. The van der Waals surface area contributed by atoms with Crippen LogP contribution in [-0.4, -0.2) is 31.7 Å². The summed E-state index contributed by atoms with van der Waals surface area (Å²) < 4.78 is 1.69. The summed E-state index contributed by atoms with van der Waals surface area (Å²) in [7, 11) is 0. The lowest BCUT2D eigenvalue weighted by molar-refractivity contribution is 0.0678. The van der Waals surface area contributed by atoms with Gasteiger partial charge in [0.1, 0.15) is 11.4 Å². The fourth-order valence-corrected chi connectivity index (χ4v) is 2.52. The summed E-state index contributed by atoms with van der Waals surface area (Å²) in [5, 5.41) is 19.7. The van der Waals surface area contributed by atoms with Crippen LogP contribution < -0.4 is 0 Å². The number of hydrogen-bond acceptors (Lipinski definition) is 2. The Balaban J connectivity index is 2.34. The van der Waals surface area contributed by atoms with Crippen LogP contribution in [0.25, 0.3) is 21.8 Å². The summed E-state index contributed by atoms with van der Waals surface area (Å²) in [4.78, 5) is 25.0. The molecule has 6 nitrogen and oxygen atoms in total. The summed E-state index contributed by atoms with van der Waals surface area (Å²) >= 11 is 0. The number of carboxylic acids is 2. The van der Waals surface area contributed by atoms with Crippen molar-refractivity contribution in [2.75, 3.05) is 0 Å². The van der Waals surface area contributed by atoms with Crippen molar-refractivity contribution in [1.82, 2.24) is 9.55 Å². The SMILES string of the molecule is CCn1c(C(=O)O)cc2cc3cc(C(=O)O)[nH]c3cc21. The van der Waals surface area contributed by atoms with Crippen molar-refractivity contribution >= 4 is 33.7 Å². The van der Waals surface area contributed by atoms with Crippen LogP contribution in [0.2, 0.25) is 0 Å². The molecule has 3 rings (SSSR count). The van der Waals surface area contributed by atoms with Crippen LogP contribution in [0.5, 0.6) is 0 Å². The summed E-state index contributed by atoms with van der Waals surface area (Å²) in [5.74, 6) is -1.99. The van der Waals surface area contributed by atoms with Gasteiger partial charge in [0.2, 0.25) is 0 Å². The second-order valence-electron chi connectivity index (χ2n) is 4.57. The van der Waals surface area contributed by atoms with E-state index in [9.17, 15) is 14.7 Å². The zero-order valence-corrected chi connectivity index (χ0v) is 10.7. The third kappa shape index (κ3) is 1.65. The Labute approximate surface area is 113 Å². The van der Waals surface area contributed by atoms with Crippen molar-refractivity contribution in [2.45, 2.75) is 13.5 Å². The van der Waals surface area contributed by atoms with E-state index in [1.165, 1.54) is 0 Å². The van der Waals surface area contributed by atoms with Gasteiger partial charge in [-0.1, -0.05) is 0 Å². The second-order valence-corrected chi connectivity index (χ2v) is 4.57. The van der Waals surface area contributed by atoms with Crippen molar-refractivity contribution in [1.29, 1.82) is 0 Å². The molecule has 102 valence electrons. The molecule has 20 heavy (non-hydrogen) atoms. The van der Waals surface area contributed by atoms with Crippen LogP contribution in [-0.2, 0) is 6.54 Å². The lowest BCUT2D eigenvalue weighted by Crippen LogP contribution is -2.06. The first-order chi connectivity index (χ1) is 9.51.